The highest BCUT2D eigenvalue weighted by molar-refractivity contribution is 6.73. The number of β-lactam (4-membered cyclic amide) rings is 1. The maximum atomic E-state index is 13.6. The van der Waals surface area contributed by atoms with Crippen LogP contribution >= 0.6 is 0 Å². The molecule has 0 aliphatic carbocycles. The van der Waals surface area contributed by atoms with Crippen LogP contribution in [0, 0.1) is 39.2 Å². The van der Waals surface area contributed by atoms with Crippen LogP contribution in [0.5, 0.6) is 0 Å². The number of carbonyl (C=O) groups excluding carboxylic acids is 3. The zero-order chi connectivity index (χ0) is 30.1. The van der Waals surface area contributed by atoms with E-state index in [4.69, 9.17) is 9.16 Å². The predicted octanol–water partition coefficient (Wildman–Crippen LogP) is 4.26. The van der Waals surface area contributed by atoms with Crippen LogP contribution in [0.3, 0.4) is 0 Å². The number of fused-ring (bicyclic) bond motifs is 1. The number of likely N-dealkylation sites (tertiary alicyclic amines) is 1. The molecule has 1 aromatic carbocycles. The fourth-order valence-corrected chi connectivity index (χ4v) is 9.47. The summed E-state index contributed by atoms with van der Waals surface area (Å²) in [5.41, 5.74) is 0.584. The van der Waals surface area contributed by atoms with Gasteiger partial charge in [0, 0.05) is 31.1 Å². The summed E-state index contributed by atoms with van der Waals surface area (Å²) >= 11 is 0. The quantitative estimate of drug-likeness (QED) is 0.0933. The third-order valence-electron chi connectivity index (χ3n) is 9.21. The Bertz CT molecular complexity index is 1280. The van der Waals surface area contributed by atoms with Gasteiger partial charge in [0.05, 0.1) is 40.5 Å². The molecule has 12 heteroatoms. The van der Waals surface area contributed by atoms with Gasteiger partial charge in [-0.15, -0.1) is 0 Å². The van der Waals surface area contributed by atoms with E-state index >= 15 is 0 Å². The SMILES string of the molecule is CC[Si](CC)(CC)O[C@H](C)C1C(=O)N2C(C(=O)OC(=O)c3ccc([N+](=O)[O-])cc3)=C(CN3CC[C@H](C#N)C3)[C@H](C)[C@H]12. The van der Waals surface area contributed by atoms with Crippen molar-refractivity contribution in [2.24, 2.45) is 17.8 Å². The van der Waals surface area contributed by atoms with Crippen LogP contribution in [-0.4, -0.2) is 72.7 Å². The molecule has 3 aliphatic heterocycles. The average molecular weight is 583 g/mol. The molecule has 1 amide bonds. The molecule has 0 aromatic heterocycles. The number of nitriles is 1. The molecule has 0 N–H and O–H groups in total. The minimum absolute atomic E-state index is 0.0140. The van der Waals surface area contributed by atoms with Crippen LogP contribution in [0.2, 0.25) is 18.1 Å². The maximum Gasteiger partial charge on any atom is 0.362 e. The molecule has 3 aliphatic rings. The van der Waals surface area contributed by atoms with Crippen molar-refractivity contribution in [1.29, 1.82) is 5.26 Å². The molecule has 0 spiro atoms. The van der Waals surface area contributed by atoms with Crippen molar-refractivity contribution >= 4 is 31.9 Å². The Kier molecular flexibility index (Phi) is 9.11. The van der Waals surface area contributed by atoms with E-state index in [0.717, 1.165) is 36.7 Å². The normalized spacial score (nSPS) is 25.0. The zero-order valence-corrected chi connectivity index (χ0v) is 25.3. The summed E-state index contributed by atoms with van der Waals surface area (Å²) in [6.45, 7) is 12.0. The van der Waals surface area contributed by atoms with E-state index in [2.05, 4.69) is 31.7 Å². The number of carbonyl (C=O) groups is 3. The number of rotatable bonds is 11. The lowest BCUT2D eigenvalue weighted by atomic mass is 9.77. The van der Waals surface area contributed by atoms with Gasteiger partial charge >= 0.3 is 11.9 Å². The number of esters is 2. The number of non-ortho nitro benzene ring substituents is 1. The van der Waals surface area contributed by atoms with Gasteiger partial charge in [-0.25, -0.2) is 9.59 Å². The van der Waals surface area contributed by atoms with Gasteiger partial charge in [0.15, 0.2) is 8.32 Å². The molecule has 220 valence electrons. The van der Waals surface area contributed by atoms with Crippen molar-refractivity contribution < 1.29 is 28.5 Å². The number of hydrogen-bond donors (Lipinski definition) is 0. The average Bonchev–Trinajstić information content (AvgIpc) is 3.52. The van der Waals surface area contributed by atoms with Gasteiger partial charge in [-0.2, -0.15) is 5.26 Å². The minimum Gasteiger partial charge on any atom is -0.413 e. The van der Waals surface area contributed by atoms with Gasteiger partial charge < -0.3 is 14.1 Å². The molecular formula is C29H38N4O7Si. The van der Waals surface area contributed by atoms with Crippen molar-refractivity contribution in [2.75, 3.05) is 19.6 Å². The first-order chi connectivity index (χ1) is 19.5. The number of ether oxygens (including phenoxy) is 1. The van der Waals surface area contributed by atoms with Gasteiger partial charge in [-0.05, 0) is 55.7 Å². The van der Waals surface area contributed by atoms with Gasteiger partial charge in [0.2, 0.25) is 5.91 Å². The van der Waals surface area contributed by atoms with Crippen molar-refractivity contribution in [2.45, 2.75) is 71.3 Å². The highest BCUT2D eigenvalue weighted by Crippen LogP contribution is 2.49. The summed E-state index contributed by atoms with van der Waals surface area (Å²) in [4.78, 5) is 53.9. The summed E-state index contributed by atoms with van der Waals surface area (Å²) in [7, 11) is -1.99. The molecule has 3 heterocycles. The van der Waals surface area contributed by atoms with Gasteiger partial charge in [0.1, 0.15) is 5.70 Å². The molecule has 5 atom stereocenters. The van der Waals surface area contributed by atoms with Gasteiger partial charge in [-0.3, -0.25) is 19.8 Å². The fourth-order valence-electron chi connectivity index (χ4n) is 6.53. The van der Waals surface area contributed by atoms with E-state index in [9.17, 15) is 29.8 Å². The molecule has 1 unspecified atom stereocenters. The van der Waals surface area contributed by atoms with Crippen molar-refractivity contribution in [3.8, 4) is 6.07 Å². The molecule has 0 saturated carbocycles. The van der Waals surface area contributed by atoms with Crippen molar-refractivity contribution in [1.82, 2.24) is 9.80 Å². The smallest absolute Gasteiger partial charge is 0.362 e. The fraction of sp³-hybridized carbons (Fsp3) is 0.586. The summed E-state index contributed by atoms with van der Waals surface area (Å²) in [6.07, 6.45) is 0.416. The van der Waals surface area contributed by atoms with Crippen LogP contribution in [-0.2, 0) is 18.8 Å². The molecule has 1 aromatic rings. The molecule has 0 bridgehead atoms. The Morgan fingerprint density at radius 3 is 2.34 bits per heavy atom. The lowest BCUT2D eigenvalue weighted by Crippen LogP contribution is -2.65. The van der Waals surface area contributed by atoms with Crippen LogP contribution in [0.1, 0.15) is 51.4 Å². The molecule has 2 saturated heterocycles. The van der Waals surface area contributed by atoms with Gasteiger partial charge in [-0.1, -0.05) is 27.7 Å². The lowest BCUT2D eigenvalue weighted by molar-refractivity contribution is -0.384. The number of amides is 1. The number of nitro groups is 1. The number of benzene rings is 1. The first kappa shape index (κ1) is 30.6. The van der Waals surface area contributed by atoms with E-state index in [1.165, 1.54) is 17.0 Å². The van der Waals surface area contributed by atoms with Crippen molar-refractivity contribution in [3.63, 3.8) is 0 Å². The Morgan fingerprint density at radius 2 is 1.80 bits per heavy atom. The van der Waals surface area contributed by atoms with E-state index in [1.54, 1.807) is 0 Å². The number of hydrogen-bond acceptors (Lipinski definition) is 9. The summed E-state index contributed by atoms with van der Waals surface area (Å²) in [6, 6.07) is 9.65. The molecule has 0 radical (unpaired) electrons. The molecule has 41 heavy (non-hydrogen) atoms. The highest BCUT2D eigenvalue weighted by Gasteiger charge is 2.61. The predicted molar refractivity (Wildman–Crippen MR) is 152 cm³/mol. The first-order valence-electron chi connectivity index (χ1n) is 14.4. The second-order valence-electron chi connectivity index (χ2n) is 11.3. The number of nitrogens with zero attached hydrogens (tertiary/aromatic N) is 4. The topological polar surface area (TPSA) is 143 Å². The summed E-state index contributed by atoms with van der Waals surface area (Å²) in [5, 5.41) is 20.3. The maximum absolute atomic E-state index is 13.6. The van der Waals surface area contributed by atoms with Crippen LogP contribution < -0.4 is 0 Å². The molecule has 4 rings (SSSR count). The Balaban J connectivity index is 1.60. The van der Waals surface area contributed by atoms with E-state index in [0.29, 0.717) is 25.2 Å². The van der Waals surface area contributed by atoms with Crippen LogP contribution in [0.15, 0.2) is 35.5 Å². The van der Waals surface area contributed by atoms with Crippen LogP contribution in [0.25, 0.3) is 0 Å². The zero-order valence-electron chi connectivity index (χ0n) is 24.3. The van der Waals surface area contributed by atoms with Crippen molar-refractivity contribution in [3.05, 3.63) is 51.2 Å². The van der Waals surface area contributed by atoms with E-state index in [1.807, 2.05) is 13.8 Å². The summed E-state index contributed by atoms with van der Waals surface area (Å²) < 4.78 is 11.9. The Labute approximate surface area is 241 Å². The Morgan fingerprint density at radius 1 is 1.17 bits per heavy atom. The molecule has 11 nitrogen and oxygen atoms in total. The standard InChI is InChI=1S/C29H38N4O7Si/c1-6-41(7-2,8-3)40-19(5)24-25-18(4)23(17-31-14-13-20(15-30)16-31)26(32(25)27(24)34)29(36)39-28(35)21-9-11-22(12-10-21)33(37)38/h9-12,18-20,24-25H,6-8,13-14,16-17H2,1-5H3/t18-,19+,20+,24?,25+/m0/s1. The van der Waals surface area contributed by atoms with E-state index < -0.39 is 31.1 Å². The summed E-state index contributed by atoms with van der Waals surface area (Å²) in [5.74, 6) is -2.79. The molecule has 2 fully saturated rings. The lowest BCUT2D eigenvalue weighted by Gasteiger charge is -2.49. The third-order valence-corrected chi connectivity index (χ3v) is 13.9. The van der Waals surface area contributed by atoms with E-state index in [-0.39, 0.29) is 46.8 Å². The monoisotopic (exact) mass is 582 g/mol. The molecular weight excluding hydrogens is 544 g/mol. The minimum atomic E-state index is -1.99. The largest absolute Gasteiger partial charge is 0.413 e. The van der Waals surface area contributed by atoms with Crippen LogP contribution in [0.4, 0.5) is 5.69 Å². The highest BCUT2D eigenvalue weighted by atomic mass is 28.4. The Hall–Kier alpha value is -3.40. The van der Waals surface area contributed by atoms with Gasteiger partial charge in [0.25, 0.3) is 5.69 Å². The number of nitro benzene ring substituents is 1. The second-order valence-corrected chi connectivity index (χ2v) is 16.0. The third kappa shape index (κ3) is 5.71. The first-order valence-corrected chi connectivity index (χ1v) is 16.9. The second kappa shape index (κ2) is 12.2.